The maximum Gasteiger partial charge on any atom is -0.0386 e. The van der Waals surface area contributed by atoms with Gasteiger partial charge in [0, 0.05) is 0 Å². The predicted octanol–water partition coefficient (Wildman–Crippen LogP) is 4.64. The molecule has 0 spiro atoms. The monoisotopic (exact) mass is 182 g/mol. The maximum atomic E-state index is 2.35. The van der Waals surface area contributed by atoms with Crippen molar-refractivity contribution in [3.63, 3.8) is 0 Å². The molecule has 0 amide bonds. The third kappa shape index (κ3) is 3.70. The molecular formula is C13H26. The van der Waals surface area contributed by atoms with E-state index in [1.807, 2.05) is 0 Å². The summed E-state index contributed by atoms with van der Waals surface area (Å²) >= 11 is 0. The van der Waals surface area contributed by atoms with E-state index in [1.54, 1.807) is 0 Å². The van der Waals surface area contributed by atoms with Crippen molar-refractivity contribution in [2.45, 2.75) is 65.7 Å². The zero-order valence-electron chi connectivity index (χ0n) is 9.68. The van der Waals surface area contributed by atoms with Gasteiger partial charge in [0.1, 0.15) is 0 Å². The molecule has 13 heavy (non-hydrogen) atoms. The molecular weight excluding hydrogens is 156 g/mol. The Morgan fingerprint density at radius 2 is 1.77 bits per heavy atom. The highest BCUT2D eigenvalue weighted by Gasteiger charge is 2.26. The fourth-order valence-corrected chi connectivity index (χ4v) is 2.45. The van der Waals surface area contributed by atoms with Gasteiger partial charge in [0.25, 0.3) is 0 Å². The SMILES string of the molecule is CCCC(CCC(C)C)C1CCC1. The van der Waals surface area contributed by atoms with Crippen LogP contribution in [0.5, 0.6) is 0 Å². The van der Waals surface area contributed by atoms with Gasteiger partial charge in [-0.25, -0.2) is 0 Å². The van der Waals surface area contributed by atoms with Crippen LogP contribution < -0.4 is 0 Å². The van der Waals surface area contributed by atoms with Crippen LogP contribution in [-0.4, -0.2) is 0 Å². The van der Waals surface area contributed by atoms with E-state index in [1.165, 1.54) is 44.9 Å². The van der Waals surface area contributed by atoms with Crippen LogP contribution in [-0.2, 0) is 0 Å². The Hall–Kier alpha value is 0. The van der Waals surface area contributed by atoms with Gasteiger partial charge in [0.05, 0.1) is 0 Å². The van der Waals surface area contributed by atoms with E-state index in [9.17, 15) is 0 Å². The molecule has 1 fully saturated rings. The third-order valence-electron chi connectivity index (χ3n) is 3.59. The molecule has 0 N–H and O–H groups in total. The van der Waals surface area contributed by atoms with Crippen molar-refractivity contribution in [3.05, 3.63) is 0 Å². The lowest BCUT2D eigenvalue weighted by Gasteiger charge is -2.34. The fraction of sp³-hybridized carbons (Fsp3) is 1.00. The third-order valence-corrected chi connectivity index (χ3v) is 3.59. The van der Waals surface area contributed by atoms with Gasteiger partial charge >= 0.3 is 0 Å². The highest BCUT2D eigenvalue weighted by molar-refractivity contribution is 4.77. The van der Waals surface area contributed by atoms with Crippen LogP contribution in [0.25, 0.3) is 0 Å². The molecule has 1 atom stereocenters. The van der Waals surface area contributed by atoms with E-state index in [0.29, 0.717) is 0 Å². The van der Waals surface area contributed by atoms with E-state index in [-0.39, 0.29) is 0 Å². The van der Waals surface area contributed by atoms with Gasteiger partial charge in [0.2, 0.25) is 0 Å². The summed E-state index contributed by atoms with van der Waals surface area (Å²) in [6.07, 6.45) is 10.4. The Labute approximate surface area is 84.1 Å². The summed E-state index contributed by atoms with van der Waals surface area (Å²) in [6.45, 7) is 7.04. The molecule has 1 saturated carbocycles. The second-order valence-electron chi connectivity index (χ2n) is 5.21. The molecule has 0 radical (unpaired) electrons. The molecule has 0 nitrogen and oxygen atoms in total. The minimum atomic E-state index is 0.902. The zero-order valence-corrected chi connectivity index (χ0v) is 9.68. The van der Waals surface area contributed by atoms with Crippen molar-refractivity contribution < 1.29 is 0 Å². The Morgan fingerprint density at radius 3 is 2.15 bits per heavy atom. The molecule has 0 aromatic rings. The summed E-state index contributed by atoms with van der Waals surface area (Å²) in [4.78, 5) is 0. The minimum absolute atomic E-state index is 0.902. The fourth-order valence-electron chi connectivity index (χ4n) is 2.45. The second kappa shape index (κ2) is 5.67. The summed E-state index contributed by atoms with van der Waals surface area (Å²) in [5, 5.41) is 0. The van der Waals surface area contributed by atoms with Gasteiger partial charge in [-0.2, -0.15) is 0 Å². The van der Waals surface area contributed by atoms with Gasteiger partial charge in [-0.15, -0.1) is 0 Å². The molecule has 0 aliphatic heterocycles. The van der Waals surface area contributed by atoms with Crippen LogP contribution in [0.2, 0.25) is 0 Å². The largest absolute Gasteiger partial charge is 0.0654 e. The van der Waals surface area contributed by atoms with Gasteiger partial charge < -0.3 is 0 Å². The van der Waals surface area contributed by atoms with Crippen LogP contribution in [0, 0.1) is 17.8 Å². The second-order valence-corrected chi connectivity index (χ2v) is 5.21. The van der Waals surface area contributed by atoms with E-state index in [0.717, 1.165) is 17.8 Å². The van der Waals surface area contributed by atoms with E-state index in [4.69, 9.17) is 0 Å². The Balaban J connectivity index is 2.20. The molecule has 0 aromatic heterocycles. The molecule has 1 aliphatic carbocycles. The van der Waals surface area contributed by atoms with E-state index < -0.39 is 0 Å². The number of rotatable bonds is 6. The molecule has 0 bridgehead atoms. The van der Waals surface area contributed by atoms with Crippen molar-refractivity contribution in [3.8, 4) is 0 Å². The van der Waals surface area contributed by atoms with Crippen LogP contribution >= 0.6 is 0 Å². The molecule has 0 heterocycles. The summed E-state index contributed by atoms with van der Waals surface area (Å²) in [5.41, 5.74) is 0. The highest BCUT2D eigenvalue weighted by Crippen LogP contribution is 2.38. The standard InChI is InChI=1S/C13H26/c1-4-6-12(10-9-11(2)3)13-7-5-8-13/h11-13H,4-10H2,1-3H3. The summed E-state index contributed by atoms with van der Waals surface area (Å²) in [7, 11) is 0. The quantitative estimate of drug-likeness (QED) is 0.561. The van der Waals surface area contributed by atoms with Crippen LogP contribution in [0.1, 0.15) is 65.7 Å². The Morgan fingerprint density at radius 1 is 1.08 bits per heavy atom. The van der Waals surface area contributed by atoms with Gasteiger partial charge in [-0.05, 0) is 24.2 Å². The lowest BCUT2D eigenvalue weighted by atomic mass is 9.72. The molecule has 1 aliphatic rings. The average Bonchev–Trinajstić information content (AvgIpc) is 1.97. The zero-order chi connectivity index (χ0) is 9.68. The van der Waals surface area contributed by atoms with Crippen molar-refractivity contribution in [1.82, 2.24) is 0 Å². The van der Waals surface area contributed by atoms with Gasteiger partial charge in [0.15, 0.2) is 0 Å². The summed E-state index contributed by atoms with van der Waals surface area (Å²) in [5.74, 6) is 3.08. The average molecular weight is 182 g/mol. The topological polar surface area (TPSA) is 0 Å². The molecule has 78 valence electrons. The molecule has 1 rings (SSSR count). The first kappa shape index (κ1) is 11.1. The van der Waals surface area contributed by atoms with E-state index >= 15 is 0 Å². The van der Waals surface area contributed by atoms with Crippen LogP contribution in [0.4, 0.5) is 0 Å². The van der Waals surface area contributed by atoms with E-state index in [2.05, 4.69) is 20.8 Å². The van der Waals surface area contributed by atoms with Crippen molar-refractivity contribution >= 4 is 0 Å². The Kier molecular flexibility index (Phi) is 4.83. The summed E-state index contributed by atoms with van der Waals surface area (Å²) in [6, 6.07) is 0. The normalized spacial score (nSPS) is 20.3. The molecule has 0 aromatic carbocycles. The first-order chi connectivity index (χ1) is 6.24. The molecule has 0 saturated heterocycles. The first-order valence-corrected chi connectivity index (χ1v) is 6.24. The van der Waals surface area contributed by atoms with Crippen molar-refractivity contribution in [2.75, 3.05) is 0 Å². The smallest absolute Gasteiger partial charge is 0.0386 e. The summed E-state index contributed by atoms with van der Waals surface area (Å²) < 4.78 is 0. The Bertz CT molecular complexity index is 122. The lowest BCUT2D eigenvalue weighted by molar-refractivity contribution is 0.177. The molecule has 0 heteroatoms. The molecule has 1 unspecified atom stereocenters. The highest BCUT2D eigenvalue weighted by atomic mass is 14.3. The first-order valence-electron chi connectivity index (χ1n) is 6.24. The van der Waals surface area contributed by atoms with Gasteiger partial charge in [-0.1, -0.05) is 59.3 Å². The lowest BCUT2D eigenvalue weighted by Crippen LogP contribution is -2.22. The van der Waals surface area contributed by atoms with Crippen LogP contribution in [0.3, 0.4) is 0 Å². The maximum absolute atomic E-state index is 2.35. The number of hydrogen-bond acceptors (Lipinski definition) is 0. The minimum Gasteiger partial charge on any atom is -0.0654 e. The van der Waals surface area contributed by atoms with Crippen LogP contribution in [0.15, 0.2) is 0 Å². The predicted molar refractivity (Wildman–Crippen MR) is 59.8 cm³/mol. The van der Waals surface area contributed by atoms with Crippen molar-refractivity contribution in [2.24, 2.45) is 17.8 Å². The van der Waals surface area contributed by atoms with Gasteiger partial charge in [-0.3, -0.25) is 0 Å². The van der Waals surface area contributed by atoms with Crippen molar-refractivity contribution in [1.29, 1.82) is 0 Å². The number of hydrogen-bond donors (Lipinski definition) is 0.